The Labute approximate surface area is 172 Å². The first kappa shape index (κ1) is 19.4. The lowest BCUT2D eigenvalue weighted by molar-refractivity contribution is -0.140. The summed E-state index contributed by atoms with van der Waals surface area (Å²) in [6, 6.07) is 15.8. The molecule has 4 heteroatoms. The van der Waals surface area contributed by atoms with Gasteiger partial charge in [0.15, 0.2) is 0 Å². The number of para-hydroxylation sites is 1. The third-order valence-corrected chi connectivity index (χ3v) is 6.31. The maximum absolute atomic E-state index is 13.6. The van der Waals surface area contributed by atoms with E-state index in [1.54, 1.807) is 4.90 Å². The van der Waals surface area contributed by atoms with Crippen LogP contribution in [0.15, 0.2) is 54.2 Å². The van der Waals surface area contributed by atoms with E-state index in [1.165, 1.54) is 12.0 Å². The third-order valence-electron chi connectivity index (χ3n) is 6.31. The zero-order valence-corrected chi connectivity index (χ0v) is 17.4. The number of benzene rings is 2. The molecule has 1 aliphatic carbocycles. The molecule has 1 saturated carbocycles. The van der Waals surface area contributed by atoms with Crippen molar-refractivity contribution in [1.29, 1.82) is 0 Å². The molecule has 0 spiro atoms. The number of rotatable bonds is 4. The minimum atomic E-state index is -0.165. The summed E-state index contributed by atoms with van der Waals surface area (Å²) in [6.07, 6.45) is 5.14. The summed E-state index contributed by atoms with van der Waals surface area (Å²) in [7, 11) is 1.88. The lowest BCUT2D eigenvalue weighted by Gasteiger charge is -2.30. The lowest BCUT2D eigenvalue weighted by Crippen LogP contribution is -2.43. The van der Waals surface area contributed by atoms with Crippen molar-refractivity contribution in [2.75, 3.05) is 11.9 Å². The molecule has 150 valence electrons. The van der Waals surface area contributed by atoms with E-state index in [-0.39, 0.29) is 17.9 Å². The van der Waals surface area contributed by atoms with Gasteiger partial charge in [-0.1, -0.05) is 55.7 Å². The number of carbonyl (C=O) groups excluding carboxylic acids is 2. The van der Waals surface area contributed by atoms with Gasteiger partial charge in [-0.2, -0.15) is 0 Å². The minimum absolute atomic E-state index is 0.00645. The van der Waals surface area contributed by atoms with Crippen molar-refractivity contribution < 1.29 is 9.59 Å². The molecule has 4 nitrogen and oxygen atoms in total. The van der Waals surface area contributed by atoms with E-state index in [2.05, 4.69) is 6.92 Å². The fourth-order valence-electron chi connectivity index (χ4n) is 4.45. The van der Waals surface area contributed by atoms with E-state index >= 15 is 0 Å². The molecule has 0 aromatic heterocycles. The second-order valence-corrected chi connectivity index (χ2v) is 8.19. The standard InChI is InChI=1S/C25H28N2O2/c1-17-14-15-19(16-18(17)2)22-23(26(3)20-10-6-4-7-11-20)25(29)27(24(22)28)21-12-8-5-9-13-21/h4,6-7,10-11,14-16,21H,5,8-9,12-13H2,1-3H3. The topological polar surface area (TPSA) is 40.6 Å². The Kier molecular flexibility index (Phi) is 5.27. The van der Waals surface area contributed by atoms with Crippen molar-refractivity contribution in [2.24, 2.45) is 0 Å². The molecular formula is C25H28N2O2. The van der Waals surface area contributed by atoms with Gasteiger partial charge >= 0.3 is 0 Å². The highest BCUT2D eigenvalue weighted by molar-refractivity contribution is 6.36. The average Bonchev–Trinajstić information content (AvgIpc) is 3.01. The van der Waals surface area contributed by atoms with Gasteiger partial charge in [-0.3, -0.25) is 14.5 Å². The summed E-state index contributed by atoms with van der Waals surface area (Å²) in [5, 5.41) is 0. The maximum Gasteiger partial charge on any atom is 0.278 e. The molecule has 4 rings (SSSR count). The van der Waals surface area contributed by atoms with E-state index in [0.717, 1.165) is 42.5 Å². The van der Waals surface area contributed by atoms with Crippen molar-refractivity contribution in [1.82, 2.24) is 4.90 Å². The van der Waals surface area contributed by atoms with Crippen molar-refractivity contribution >= 4 is 23.1 Å². The van der Waals surface area contributed by atoms with Crippen LogP contribution in [0.5, 0.6) is 0 Å². The van der Waals surface area contributed by atoms with Crippen molar-refractivity contribution in [2.45, 2.75) is 52.0 Å². The molecule has 1 aliphatic heterocycles. The number of hydrogen-bond acceptors (Lipinski definition) is 3. The van der Waals surface area contributed by atoms with E-state index in [1.807, 2.05) is 67.4 Å². The molecule has 0 unspecified atom stereocenters. The average molecular weight is 389 g/mol. The SMILES string of the molecule is Cc1ccc(C2=C(N(C)c3ccccc3)C(=O)N(C3CCCCC3)C2=O)cc1C. The molecule has 2 amide bonds. The van der Waals surface area contributed by atoms with Gasteiger partial charge in [-0.25, -0.2) is 0 Å². The molecule has 2 aliphatic rings. The molecule has 2 aromatic rings. The van der Waals surface area contributed by atoms with Crippen LogP contribution in [0.4, 0.5) is 5.69 Å². The Bertz CT molecular complexity index is 972. The molecule has 0 radical (unpaired) electrons. The van der Waals surface area contributed by atoms with Crippen LogP contribution in [0.3, 0.4) is 0 Å². The van der Waals surface area contributed by atoms with Crippen molar-refractivity contribution in [3.8, 4) is 0 Å². The summed E-state index contributed by atoms with van der Waals surface area (Å²) in [5.41, 5.74) is 5.02. The van der Waals surface area contributed by atoms with Gasteiger partial charge in [0.2, 0.25) is 0 Å². The zero-order chi connectivity index (χ0) is 20.5. The Hall–Kier alpha value is -2.88. The van der Waals surface area contributed by atoms with Gasteiger partial charge < -0.3 is 4.90 Å². The number of anilines is 1. The fourth-order valence-corrected chi connectivity index (χ4v) is 4.45. The molecule has 1 fully saturated rings. The Morgan fingerprint density at radius 3 is 2.21 bits per heavy atom. The predicted molar refractivity (Wildman–Crippen MR) is 116 cm³/mol. The first-order valence-corrected chi connectivity index (χ1v) is 10.5. The van der Waals surface area contributed by atoms with Crippen LogP contribution in [-0.4, -0.2) is 29.8 Å². The monoisotopic (exact) mass is 388 g/mol. The molecule has 0 bridgehead atoms. The van der Waals surface area contributed by atoms with E-state index in [0.29, 0.717) is 11.3 Å². The summed E-state index contributed by atoms with van der Waals surface area (Å²) in [4.78, 5) is 30.6. The molecule has 0 saturated heterocycles. The zero-order valence-electron chi connectivity index (χ0n) is 17.4. The van der Waals surface area contributed by atoms with E-state index in [4.69, 9.17) is 0 Å². The molecule has 2 aromatic carbocycles. The smallest absolute Gasteiger partial charge is 0.278 e. The Morgan fingerprint density at radius 1 is 0.862 bits per heavy atom. The van der Waals surface area contributed by atoms with E-state index in [9.17, 15) is 9.59 Å². The number of hydrogen-bond donors (Lipinski definition) is 0. The number of carbonyl (C=O) groups is 2. The second kappa shape index (κ2) is 7.86. The number of aryl methyl sites for hydroxylation is 2. The van der Waals surface area contributed by atoms with Gasteiger partial charge in [0, 0.05) is 18.8 Å². The van der Waals surface area contributed by atoms with E-state index < -0.39 is 0 Å². The van der Waals surface area contributed by atoms with Crippen LogP contribution < -0.4 is 4.90 Å². The summed E-state index contributed by atoms with van der Waals surface area (Å²) in [5.74, 6) is -0.315. The molecule has 29 heavy (non-hydrogen) atoms. The first-order valence-electron chi connectivity index (χ1n) is 10.5. The largest absolute Gasteiger partial charge is 0.339 e. The fraction of sp³-hybridized carbons (Fsp3) is 0.360. The second-order valence-electron chi connectivity index (χ2n) is 8.19. The van der Waals surface area contributed by atoms with Crippen LogP contribution in [0.2, 0.25) is 0 Å². The van der Waals surface area contributed by atoms with Gasteiger partial charge in [0.25, 0.3) is 11.8 Å². The highest BCUT2D eigenvalue weighted by atomic mass is 16.2. The molecular weight excluding hydrogens is 360 g/mol. The normalized spacial score (nSPS) is 18.0. The first-order chi connectivity index (χ1) is 14.0. The molecule has 0 N–H and O–H groups in total. The summed E-state index contributed by atoms with van der Waals surface area (Å²) in [6.45, 7) is 4.10. The summed E-state index contributed by atoms with van der Waals surface area (Å²) < 4.78 is 0. The quantitative estimate of drug-likeness (QED) is 0.703. The number of imide groups is 1. The van der Waals surface area contributed by atoms with Gasteiger partial charge in [0.1, 0.15) is 5.70 Å². The van der Waals surface area contributed by atoms with Gasteiger partial charge in [-0.15, -0.1) is 0 Å². The van der Waals surface area contributed by atoms with Crippen LogP contribution >= 0.6 is 0 Å². The number of amides is 2. The molecule has 1 heterocycles. The van der Waals surface area contributed by atoms with Gasteiger partial charge in [-0.05, 0) is 55.5 Å². The van der Waals surface area contributed by atoms with Crippen LogP contribution in [0.1, 0.15) is 48.8 Å². The Morgan fingerprint density at radius 2 is 1.55 bits per heavy atom. The highest BCUT2D eigenvalue weighted by Crippen LogP contribution is 2.37. The number of likely N-dealkylation sites (N-methyl/N-ethyl adjacent to an activating group) is 1. The van der Waals surface area contributed by atoms with Crippen LogP contribution in [0.25, 0.3) is 5.57 Å². The lowest BCUT2D eigenvalue weighted by atomic mass is 9.94. The number of nitrogens with zero attached hydrogens (tertiary/aromatic N) is 2. The highest BCUT2D eigenvalue weighted by Gasteiger charge is 2.44. The van der Waals surface area contributed by atoms with Crippen LogP contribution in [0, 0.1) is 13.8 Å². The summed E-state index contributed by atoms with van der Waals surface area (Å²) >= 11 is 0. The van der Waals surface area contributed by atoms with Crippen molar-refractivity contribution in [3.63, 3.8) is 0 Å². The molecule has 0 atom stereocenters. The Balaban J connectivity index is 1.83. The third kappa shape index (κ3) is 3.48. The van der Waals surface area contributed by atoms with Gasteiger partial charge in [0.05, 0.1) is 5.57 Å². The minimum Gasteiger partial charge on any atom is -0.339 e. The predicted octanol–water partition coefficient (Wildman–Crippen LogP) is 4.85. The van der Waals surface area contributed by atoms with Crippen molar-refractivity contribution in [3.05, 3.63) is 70.9 Å². The maximum atomic E-state index is 13.6. The van der Waals surface area contributed by atoms with Crippen LogP contribution in [-0.2, 0) is 9.59 Å².